The Kier molecular flexibility index (Phi) is 8.31. The van der Waals surface area contributed by atoms with E-state index in [0.29, 0.717) is 12.2 Å². The minimum Gasteiger partial charge on any atom is -0.396 e. The van der Waals surface area contributed by atoms with Crippen molar-refractivity contribution in [2.45, 2.75) is 46.6 Å². The molecule has 1 heterocycles. The summed E-state index contributed by atoms with van der Waals surface area (Å²) >= 11 is 0. The van der Waals surface area contributed by atoms with Crippen LogP contribution in [0.2, 0.25) is 0 Å². The number of nitrogens with zero attached hydrogens (tertiary/aromatic N) is 2. The van der Waals surface area contributed by atoms with Gasteiger partial charge in [0.25, 0.3) is 0 Å². The largest absolute Gasteiger partial charge is 0.396 e. The standard InChI is InChI=1S/C24H30N4.C2H6/c1-5-17(2)14-15-18(3)28-16-19-10-6-7-11-20(19)23(25)24(27(4)26)21-12-8-9-13-22(21)28;1-2/h6-13H,2-3,5,14-16,25-26H2,1,4H3;1-2H3/b24-23-;. The van der Waals surface area contributed by atoms with Crippen molar-refractivity contribution < 1.29 is 0 Å². The van der Waals surface area contributed by atoms with Crippen molar-refractivity contribution in [2.24, 2.45) is 11.6 Å². The molecule has 0 spiro atoms. The fourth-order valence-electron chi connectivity index (χ4n) is 3.65. The SMILES string of the molecule is C=C(CC)CCC(=C)N1Cc2ccccc2/C(N)=C(/N(C)N)c2ccccc21.CC. The molecule has 2 aromatic carbocycles. The molecular weight excluding hydrogens is 368 g/mol. The molecular formula is C26H36N4. The summed E-state index contributed by atoms with van der Waals surface area (Å²) in [7, 11) is 1.83. The van der Waals surface area contributed by atoms with E-state index in [9.17, 15) is 0 Å². The van der Waals surface area contributed by atoms with Crippen molar-refractivity contribution in [3.8, 4) is 0 Å². The van der Waals surface area contributed by atoms with Crippen molar-refractivity contribution in [1.29, 1.82) is 0 Å². The van der Waals surface area contributed by atoms with Gasteiger partial charge in [-0.15, -0.1) is 0 Å². The van der Waals surface area contributed by atoms with E-state index in [1.54, 1.807) is 5.01 Å². The van der Waals surface area contributed by atoms with Crippen molar-refractivity contribution in [3.63, 3.8) is 0 Å². The highest BCUT2D eigenvalue weighted by molar-refractivity contribution is 5.94. The lowest BCUT2D eigenvalue weighted by molar-refractivity contribution is 0.511. The molecule has 1 aliphatic rings. The normalized spacial score (nSPS) is 15.0. The molecule has 0 fully saturated rings. The lowest BCUT2D eigenvalue weighted by Gasteiger charge is -2.34. The van der Waals surface area contributed by atoms with Gasteiger partial charge in [0, 0.05) is 30.4 Å². The zero-order valence-electron chi connectivity index (χ0n) is 18.9. The Morgan fingerprint density at radius 2 is 1.60 bits per heavy atom. The topological polar surface area (TPSA) is 58.5 Å². The monoisotopic (exact) mass is 404 g/mol. The molecule has 0 amide bonds. The van der Waals surface area contributed by atoms with Gasteiger partial charge in [0.1, 0.15) is 0 Å². The highest BCUT2D eigenvalue weighted by Gasteiger charge is 2.24. The predicted octanol–water partition coefficient (Wildman–Crippen LogP) is 5.88. The lowest BCUT2D eigenvalue weighted by atomic mass is 9.95. The summed E-state index contributed by atoms with van der Waals surface area (Å²) in [6.45, 7) is 15.4. The number of para-hydroxylation sites is 1. The Labute approximate surface area is 182 Å². The number of hydrogen-bond donors (Lipinski definition) is 2. The number of anilines is 1. The van der Waals surface area contributed by atoms with Crippen LogP contribution in [-0.4, -0.2) is 12.1 Å². The summed E-state index contributed by atoms with van der Waals surface area (Å²) < 4.78 is 0. The Morgan fingerprint density at radius 1 is 1.00 bits per heavy atom. The first-order valence-electron chi connectivity index (χ1n) is 10.7. The van der Waals surface area contributed by atoms with Gasteiger partial charge < -0.3 is 15.6 Å². The van der Waals surface area contributed by atoms with Gasteiger partial charge in [-0.3, -0.25) is 0 Å². The van der Waals surface area contributed by atoms with Crippen LogP contribution < -0.4 is 16.5 Å². The van der Waals surface area contributed by atoms with Gasteiger partial charge in [-0.2, -0.15) is 0 Å². The average molecular weight is 405 g/mol. The highest BCUT2D eigenvalue weighted by atomic mass is 15.4. The summed E-state index contributed by atoms with van der Waals surface area (Å²) in [4.78, 5) is 2.28. The Morgan fingerprint density at radius 3 is 2.23 bits per heavy atom. The molecule has 4 N–H and O–H groups in total. The smallest absolute Gasteiger partial charge is 0.0843 e. The molecule has 0 aliphatic carbocycles. The van der Waals surface area contributed by atoms with Crippen LogP contribution in [0.3, 0.4) is 0 Å². The first kappa shape index (κ1) is 23.3. The van der Waals surface area contributed by atoms with Crippen LogP contribution in [0.1, 0.15) is 56.7 Å². The second-order valence-corrected chi connectivity index (χ2v) is 7.30. The summed E-state index contributed by atoms with van der Waals surface area (Å²) in [6.07, 6.45) is 2.81. The predicted molar refractivity (Wildman–Crippen MR) is 131 cm³/mol. The van der Waals surface area contributed by atoms with Crippen LogP contribution in [0.25, 0.3) is 11.4 Å². The van der Waals surface area contributed by atoms with Gasteiger partial charge in [-0.25, -0.2) is 5.84 Å². The van der Waals surface area contributed by atoms with Crippen LogP contribution in [0, 0.1) is 0 Å². The zero-order chi connectivity index (χ0) is 22.3. The molecule has 0 bridgehead atoms. The lowest BCUT2D eigenvalue weighted by Crippen LogP contribution is -2.31. The third-order valence-corrected chi connectivity index (χ3v) is 5.34. The molecule has 0 atom stereocenters. The van der Waals surface area contributed by atoms with E-state index in [-0.39, 0.29) is 0 Å². The minimum atomic E-state index is 0.692. The van der Waals surface area contributed by atoms with Gasteiger partial charge in [-0.05, 0) is 30.9 Å². The maximum Gasteiger partial charge on any atom is 0.0843 e. The Hall–Kier alpha value is -2.98. The number of nitrogens with two attached hydrogens (primary N) is 2. The number of fused-ring (bicyclic) bond motifs is 2. The molecule has 1 aliphatic heterocycles. The van der Waals surface area contributed by atoms with E-state index in [1.807, 2.05) is 45.2 Å². The highest BCUT2D eigenvalue weighted by Crippen LogP contribution is 2.38. The number of benzene rings is 2. The van der Waals surface area contributed by atoms with E-state index in [2.05, 4.69) is 49.2 Å². The first-order chi connectivity index (χ1) is 14.4. The van der Waals surface area contributed by atoms with Gasteiger partial charge >= 0.3 is 0 Å². The second kappa shape index (κ2) is 10.7. The first-order valence-corrected chi connectivity index (χ1v) is 10.7. The van der Waals surface area contributed by atoms with Crippen LogP contribution >= 0.6 is 0 Å². The summed E-state index contributed by atoms with van der Waals surface area (Å²) in [5.74, 6) is 6.23. The van der Waals surface area contributed by atoms with Gasteiger partial charge in [0.15, 0.2) is 0 Å². The van der Waals surface area contributed by atoms with E-state index in [4.69, 9.17) is 11.6 Å². The van der Waals surface area contributed by atoms with E-state index in [1.165, 1.54) is 5.57 Å². The molecule has 4 heteroatoms. The van der Waals surface area contributed by atoms with Crippen LogP contribution in [0.5, 0.6) is 0 Å². The van der Waals surface area contributed by atoms with Crippen molar-refractivity contribution in [1.82, 2.24) is 5.01 Å². The fourth-order valence-corrected chi connectivity index (χ4v) is 3.65. The van der Waals surface area contributed by atoms with E-state index >= 15 is 0 Å². The summed E-state index contributed by atoms with van der Waals surface area (Å²) in [6, 6.07) is 16.5. The van der Waals surface area contributed by atoms with Crippen molar-refractivity contribution in [3.05, 3.63) is 89.6 Å². The van der Waals surface area contributed by atoms with Gasteiger partial charge in [0.2, 0.25) is 0 Å². The Balaban J connectivity index is 0.00000155. The molecule has 3 rings (SSSR count). The molecule has 30 heavy (non-hydrogen) atoms. The number of rotatable bonds is 6. The number of allylic oxidation sites excluding steroid dienone is 2. The average Bonchev–Trinajstić information content (AvgIpc) is 2.76. The molecule has 0 aromatic heterocycles. The fraction of sp³-hybridized carbons (Fsp3) is 0.308. The van der Waals surface area contributed by atoms with Crippen LogP contribution in [-0.2, 0) is 6.54 Å². The summed E-state index contributed by atoms with van der Waals surface area (Å²) in [5.41, 5.74) is 14.7. The molecule has 4 nitrogen and oxygen atoms in total. The third kappa shape index (κ3) is 4.95. The van der Waals surface area contributed by atoms with Crippen molar-refractivity contribution in [2.75, 3.05) is 11.9 Å². The molecule has 0 unspecified atom stereocenters. The second-order valence-electron chi connectivity index (χ2n) is 7.30. The summed E-state index contributed by atoms with van der Waals surface area (Å²) in [5, 5.41) is 1.61. The van der Waals surface area contributed by atoms with Crippen LogP contribution in [0.4, 0.5) is 5.69 Å². The van der Waals surface area contributed by atoms with Gasteiger partial charge in [-0.1, -0.05) is 82.0 Å². The molecule has 0 saturated carbocycles. The van der Waals surface area contributed by atoms with E-state index < -0.39 is 0 Å². The third-order valence-electron chi connectivity index (χ3n) is 5.34. The van der Waals surface area contributed by atoms with Gasteiger partial charge in [0.05, 0.1) is 17.1 Å². The quantitative estimate of drug-likeness (QED) is 0.358. The number of hydrazine groups is 1. The maximum atomic E-state index is 6.62. The van der Waals surface area contributed by atoms with E-state index in [0.717, 1.165) is 53.0 Å². The zero-order valence-corrected chi connectivity index (χ0v) is 18.9. The molecule has 0 saturated heterocycles. The molecule has 0 radical (unpaired) electrons. The number of hydrogen-bond acceptors (Lipinski definition) is 4. The Bertz CT molecular complexity index is 924. The minimum absolute atomic E-state index is 0.692. The molecule has 2 aromatic rings. The molecule has 160 valence electrons. The van der Waals surface area contributed by atoms with Crippen molar-refractivity contribution >= 4 is 17.1 Å². The van der Waals surface area contributed by atoms with Crippen LogP contribution in [0.15, 0.2) is 73.0 Å². The maximum absolute atomic E-state index is 6.62.